The van der Waals surface area contributed by atoms with E-state index in [0.717, 1.165) is 19.5 Å². The molecule has 2 saturated heterocycles. The number of halogens is 1. The largest absolute Gasteiger partial charge is 0.363 e. The maximum absolute atomic E-state index is 14.2. The summed E-state index contributed by atoms with van der Waals surface area (Å²) in [6, 6.07) is 0.971. The summed E-state index contributed by atoms with van der Waals surface area (Å²) in [5.41, 5.74) is 0.489. The molecule has 0 aromatic carbocycles. The maximum Gasteiger partial charge on any atom is 0.186 e. The molecule has 3 heterocycles. The van der Waals surface area contributed by atoms with Gasteiger partial charge in [-0.2, -0.15) is 0 Å². The molecule has 2 aliphatic rings. The van der Waals surface area contributed by atoms with Gasteiger partial charge in [-0.15, -0.1) is 0 Å². The molecule has 2 aliphatic heterocycles. The number of aromatic nitrogens is 2. The molecular weight excluding hydrogens is 281 g/mol. The first kappa shape index (κ1) is 15.6. The van der Waals surface area contributed by atoms with Crippen molar-refractivity contribution in [1.29, 1.82) is 0 Å². The van der Waals surface area contributed by atoms with Crippen LogP contribution in [0.25, 0.3) is 0 Å². The van der Waals surface area contributed by atoms with E-state index in [4.69, 9.17) is 0 Å². The molecule has 122 valence electrons. The van der Waals surface area contributed by atoms with Crippen LogP contribution in [0, 0.1) is 5.82 Å². The number of anilines is 1. The molecule has 1 atom stereocenters. The van der Waals surface area contributed by atoms with Gasteiger partial charge >= 0.3 is 0 Å². The van der Waals surface area contributed by atoms with Crippen LogP contribution in [0.2, 0.25) is 0 Å². The number of hydrogen-bond acceptors (Lipinski definition) is 5. The summed E-state index contributed by atoms with van der Waals surface area (Å²) in [4.78, 5) is 13.0. The quantitative estimate of drug-likeness (QED) is 0.918. The van der Waals surface area contributed by atoms with Gasteiger partial charge in [0.25, 0.3) is 0 Å². The first-order valence-corrected chi connectivity index (χ1v) is 8.36. The Morgan fingerprint density at radius 3 is 2.73 bits per heavy atom. The van der Waals surface area contributed by atoms with Crippen molar-refractivity contribution in [2.75, 3.05) is 38.5 Å². The molecule has 0 saturated carbocycles. The first-order chi connectivity index (χ1) is 10.7. The lowest BCUT2D eigenvalue weighted by atomic mass is 10.0. The topological polar surface area (TPSA) is 44.3 Å². The lowest BCUT2D eigenvalue weighted by Crippen LogP contribution is -2.43. The number of aryl methyl sites for hydroxylation is 1. The monoisotopic (exact) mass is 307 g/mol. The van der Waals surface area contributed by atoms with E-state index >= 15 is 0 Å². The number of rotatable bonds is 4. The van der Waals surface area contributed by atoms with Gasteiger partial charge in [0.15, 0.2) is 11.6 Å². The Labute approximate surface area is 131 Å². The first-order valence-electron chi connectivity index (χ1n) is 8.36. The van der Waals surface area contributed by atoms with Crippen LogP contribution in [0.1, 0.15) is 31.9 Å². The van der Waals surface area contributed by atoms with Crippen LogP contribution in [0.5, 0.6) is 0 Å². The van der Waals surface area contributed by atoms with Gasteiger partial charge in [-0.3, -0.25) is 4.90 Å². The Balaban J connectivity index is 1.57. The molecule has 6 heteroatoms. The molecular formula is C16H26FN5. The van der Waals surface area contributed by atoms with Crippen LogP contribution >= 0.6 is 0 Å². The fourth-order valence-corrected chi connectivity index (χ4v) is 3.54. The van der Waals surface area contributed by atoms with Crippen LogP contribution < -0.4 is 5.32 Å². The molecule has 1 aromatic heterocycles. The van der Waals surface area contributed by atoms with E-state index in [1.807, 2.05) is 6.92 Å². The third-order valence-corrected chi connectivity index (χ3v) is 4.96. The predicted molar refractivity (Wildman–Crippen MR) is 85.5 cm³/mol. The van der Waals surface area contributed by atoms with E-state index in [0.29, 0.717) is 24.0 Å². The van der Waals surface area contributed by atoms with Crippen molar-refractivity contribution >= 4 is 5.82 Å². The number of hydrogen-bond donors (Lipinski definition) is 1. The maximum atomic E-state index is 14.2. The summed E-state index contributed by atoms with van der Waals surface area (Å²) in [7, 11) is 2.19. The molecule has 0 bridgehead atoms. The van der Waals surface area contributed by atoms with Crippen molar-refractivity contribution in [3.05, 3.63) is 17.8 Å². The molecule has 0 amide bonds. The fourth-order valence-electron chi connectivity index (χ4n) is 3.54. The highest BCUT2D eigenvalue weighted by Crippen LogP contribution is 2.23. The fraction of sp³-hybridized carbons (Fsp3) is 0.750. The average Bonchev–Trinajstić information content (AvgIpc) is 2.99. The van der Waals surface area contributed by atoms with Gasteiger partial charge in [0, 0.05) is 25.2 Å². The number of piperidine rings is 1. The van der Waals surface area contributed by atoms with E-state index in [1.54, 1.807) is 0 Å². The Kier molecular flexibility index (Phi) is 4.88. The van der Waals surface area contributed by atoms with Gasteiger partial charge < -0.3 is 10.2 Å². The zero-order valence-electron chi connectivity index (χ0n) is 13.6. The van der Waals surface area contributed by atoms with Gasteiger partial charge in [0.1, 0.15) is 6.33 Å². The summed E-state index contributed by atoms with van der Waals surface area (Å²) in [5.74, 6) is 0.0739. The lowest BCUT2D eigenvalue weighted by molar-refractivity contribution is 0.143. The van der Waals surface area contributed by atoms with Crippen molar-refractivity contribution in [3.8, 4) is 0 Å². The van der Waals surface area contributed by atoms with E-state index < -0.39 is 0 Å². The lowest BCUT2D eigenvalue weighted by Gasteiger charge is -2.35. The second-order valence-electron chi connectivity index (χ2n) is 6.50. The van der Waals surface area contributed by atoms with Gasteiger partial charge in [0.05, 0.1) is 5.69 Å². The van der Waals surface area contributed by atoms with Crippen molar-refractivity contribution in [2.24, 2.45) is 0 Å². The minimum Gasteiger partial charge on any atom is -0.363 e. The van der Waals surface area contributed by atoms with Crippen LogP contribution in [0.15, 0.2) is 6.33 Å². The third-order valence-electron chi connectivity index (χ3n) is 4.96. The molecule has 0 aliphatic carbocycles. The van der Waals surface area contributed by atoms with Gasteiger partial charge in [-0.05, 0) is 45.8 Å². The standard InChI is InChI=1S/C16H26FN5/c1-3-14-15(17)16(19-11-18-14)20-12-4-9-22(10-12)13-5-7-21(2)8-6-13/h11-13H,3-10H2,1-2H3,(H,18,19,20)/t12-/m0/s1. The van der Waals surface area contributed by atoms with Crippen LogP contribution in [0.3, 0.4) is 0 Å². The number of likely N-dealkylation sites (tertiary alicyclic amines) is 2. The Morgan fingerprint density at radius 2 is 2.00 bits per heavy atom. The second-order valence-corrected chi connectivity index (χ2v) is 6.50. The molecule has 2 fully saturated rings. The number of nitrogens with one attached hydrogen (secondary N) is 1. The zero-order valence-corrected chi connectivity index (χ0v) is 13.6. The zero-order chi connectivity index (χ0) is 15.5. The molecule has 0 radical (unpaired) electrons. The summed E-state index contributed by atoms with van der Waals surface area (Å²) < 4.78 is 14.2. The van der Waals surface area contributed by atoms with Gasteiger partial charge in [0.2, 0.25) is 0 Å². The highest BCUT2D eigenvalue weighted by atomic mass is 19.1. The van der Waals surface area contributed by atoms with Crippen LogP contribution in [-0.4, -0.2) is 65.1 Å². The summed E-state index contributed by atoms with van der Waals surface area (Å²) >= 11 is 0. The summed E-state index contributed by atoms with van der Waals surface area (Å²) in [5, 5.41) is 3.28. The summed E-state index contributed by atoms with van der Waals surface area (Å²) in [6.07, 6.45) is 5.58. The average molecular weight is 307 g/mol. The summed E-state index contributed by atoms with van der Waals surface area (Å²) in [6.45, 7) is 6.35. The molecule has 3 rings (SSSR count). The Morgan fingerprint density at radius 1 is 1.23 bits per heavy atom. The van der Waals surface area contributed by atoms with Crippen molar-refractivity contribution in [2.45, 2.75) is 44.7 Å². The minimum absolute atomic E-state index is 0.286. The Bertz CT molecular complexity index is 501. The highest BCUT2D eigenvalue weighted by Gasteiger charge is 2.30. The van der Waals surface area contributed by atoms with E-state index in [2.05, 4.69) is 32.1 Å². The molecule has 5 nitrogen and oxygen atoms in total. The van der Waals surface area contributed by atoms with Crippen molar-refractivity contribution in [3.63, 3.8) is 0 Å². The van der Waals surface area contributed by atoms with Crippen LogP contribution in [-0.2, 0) is 6.42 Å². The predicted octanol–water partition coefficient (Wildman–Crippen LogP) is 1.76. The molecule has 0 unspecified atom stereocenters. The van der Waals surface area contributed by atoms with E-state index in [-0.39, 0.29) is 11.9 Å². The third kappa shape index (κ3) is 3.38. The van der Waals surface area contributed by atoms with Gasteiger partial charge in [-0.1, -0.05) is 6.92 Å². The Hall–Kier alpha value is -1.27. The number of nitrogens with zero attached hydrogens (tertiary/aromatic N) is 4. The SMILES string of the molecule is CCc1ncnc(N[C@H]2CCN(C3CCN(C)CC3)C2)c1F. The van der Waals surface area contributed by atoms with Crippen molar-refractivity contribution < 1.29 is 4.39 Å². The smallest absolute Gasteiger partial charge is 0.186 e. The molecule has 1 aromatic rings. The normalized spacial score (nSPS) is 24.8. The highest BCUT2D eigenvalue weighted by molar-refractivity contribution is 5.38. The molecule has 22 heavy (non-hydrogen) atoms. The van der Waals surface area contributed by atoms with Crippen molar-refractivity contribution in [1.82, 2.24) is 19.8 Å². The molecule has 1 N–H and O–H groups in total. The van der Waals surface area contributed by atoms with Crippen LogP contribution in [0.4, 0.5) is 10.2 Å². The second kappa shape index (κ2) is 6.87. The molecule has 0 spiro atoms. The minimum atomic E-state index is -0.289. The van der Waals surface area contributed by atoms with Gasteiger partial charge in [-0.25, -0.2) is 14.4 Å². The van der Waals surface area contributed by atoms with E-state index in [1.165, 1.54) is 32.3 Å². The van der Waals surface area contributed by atoms with E-state index in [9.17, 15) is 4.39 Å².